The summed E-state index contributed by atoms with van der Waals surface area (Å²) in [6.07, 6.45) is -1.23. The molecule has 0 aliphatic rings. The van der Waals surface area contributed by atoms with E-state index >= 15 is 0 Å². The number of hydrogen-bond donors (Lipinski definition) is 3. The topological polar surface area (TPSA) is 104 Å². The highest BCUT2D eigenvalue weighted by Crippen LogP contribution is 2.23. The Morgan fingerprint density at radius 3 is 1.94 bits per heavy atom. The van der Waals surface area contributed by atoms with Crippen molar-refractivity contribution >= 4 is 11.8 Å². The maximum absolute atomic E-state index is 11.2. The molecule has 0 bridgehead atoms. The highest BCUT2D eigenvalue weighted by Gasteiger charge is 2.37. The van der Waals surface area contributed by atoms with Gasteiger partial charge in [-0.15, -0.1) is 0 Å². The molecule has 0 saturated carbocycles. The predicted octanol–water partition coefficient (Wildman–Crippen LogP) is -1.14. The van der Waals surface area contributed by atoms with Crippen molar-refractivity contribution < 1.29 is 29.6 Å². The van der Waals surface area contributed by atoms with E-state index in [0.717, 1.165) is 0 Å². The van der Waals surface area contributed by atoms with Gasteiger partial charge in [0.25, 0.3) is 0 Å². The van der Waals surface area contributed by atoms with Crippen LogP contribution in [0.2, 0.25) is 0 Å². The van der Waals surface area contributed by atoms with E-state index in [-0.39, 0.29) is 12.2 Å². The van der Waals surface area contributed by atoms with Gasteiger partial charge in [0.05, 0.1) is 25.2 Å². The first-order chi connectivity index (χ1) is 7.41. The zero-order chi connectivity index (χ0) is 12.8. The summed E-state index contributed by atoms with van der Waals surface area (Å²) < 4.78 is 4.86. The van der Waals surface area contributed by atoms with Crippen molar-refractivity contribution in [2.45, 2.75) is 26.4 Å². The zero-order valence-electron chi connectivity index (χ0n) is 9.47. The monoisotopic (exact) mass is 234 g/mol. The lowest BCUT2D eigenvalue weighted by Gasteiger charge is -2.33. The molecule has 0 aromatic heterocycles. The second-order valence-electron chi connectivity index (χ2n) is 3.85. The van der Waals surface area contributed by atoms with Crippen molar-refractivity contribution in [1.29, 1.82) is 0 Å². The summed E-state index contributed by atoms with van der Waals surface area (Å²) in [5.74, 6) is -1.07. The second kappa shape index (κ2) is 6.57. The van der Waals surface area contributed by atoms with Crippen molar-refractivity contribution in [1.82, 2.24) is 0 Å². The number of Topliss-reactive ketones (excluding diaryl/α,β-unsaturated/α-hetero) is 1. The van der Waals surface area contributed by atoms with Gasteiger partial charge in [-0.1, -0.05) is 0 Å². The SMILES string of the molecule is CC(=O)CC(=O)OC(C)C(CO)(CO)CO. The van der Waals surface area contributed by atoms with E-state index < -0.39 is 37.3 Å². The quantitative estimate of drug-likeness (QED) is 0.380. The van der Waals surface area contributed by atoms with Crippen LogP contribution in [0.4, 0.5) is 0 Å². The Balaban J connectivity index is 4.47. The smallest absolute Gasteiger partial charge is 0.313 e. The molecule has 0 rings (SSSR count). The van der Waals surface area contributed by atoms with Crippen LogP contribution in [0.3, 0.4) is 0 Å². The Morgan fingerprint density at radius 1 is 1.19 bits per heavy atom. The predicted molar refractivity (Wildman–Crippen MR) is 54.5 cm³/mol. The van der Waals surface area contributed by atoms with Gasteiger partial charge in [0.15, 0.2) is 0 Å². The van der Waals surface area contributed by atoms with Crippen molar-refractivity contribution in [3.8, 4) is 0 Å². The van der Waals surface area contributed by atoms with Gasteiger partial charge < -0.3 is 20.1 Å². The lowest BCUT2D eigenvalue weighted by Crippen LogP contribution is -2.46. The number of ether oxygens (including phenoxy) is 1. The molecule has 0 saturated heterocycles. The van der Waals surface area contributed by atoms with Crippen LogP contribution in [0.15, 0.2) is 0 Å². The van der Waals surface area contributed by atoms with E-state index in [1.54, 1.807) is 0 Å². The maximum Gasteiger partial charge on any atom is 0.313 e. The minimum absolute atomic E-state index is 0.334. The van der Waals surface area contributed by atoms with E-state index in [0.29, 0.717) is 0 Å². The van der Waals surface area contributed by atoms with Crippen LogP contribution in [-0.4, -0.2) is 53.0 Å². The Hall–Kier alpha value is -0.980. The zero-order valence-corrected chi connectivity index (χ0v) is 9.47. The molecule has 6 nitrogen and oxygen atoms in total. The molecule has 1 atom stereocenters. The molecule has 0 aromatic carbocycles. The van der Waals surface area contributed by atoms with Gasteiger partial charge in [0.2, 0.25) is 0 Å². The molecule has 3 N–H and O–H groups in total. The number of aliphatic hydroxyl groups is 3. The highest BCUT2D eigenvalue weighted by molar-refractivity contribution is 5.94. The summed E-state index contributed by atoms with van der Waals surface area (Å²) in [6.45, 7) is 1.14. The third kappa shape index (κ3) is 3.88. The number of hydrogen-bond acceptors (Lipinski definition) is 6. The molecule has 0 spiro atoms. The molecule has 0 aromatic rings. The molecule has 0 aliphatic carbocycles. The fraction of sp³-hybridized carbons (Fsp3) is 0.800. The van der Waals surface area contributed by atoms with Crippen molar-refractivity contribution in [3.63, 3.8) is 0 Å². The largest absolute Gasteiger partial charge is 0.461 e. The molecule has 1 unspecified atom stereocenters. The first-order valence-electron chi connectivity index (χ1n) is 4.93. The fourth-order valence-corrected chi connectivity index (χ4v) is 1.10. The lowest BCUT2D eigenvalue weighted by atomic mass is 9.85. The Kier molecular flexibility index (Phi) is 6.17. The Bertz CT molecular complexity index is 237. The summed E-state index contributed by atoms with van der Waals surface area (Å²) in [4.78, 5) is 21.8. The molecule has 6 heteroatoms. The number of aliphatic hydroxyl groups excluding tert-OH is 3. The lowest BCUT2D eigenvalue weighted by molar-refractivity contribution is -0.163. The van der Waals surface area contributed by atoms with Crippen LogP contribution in [0, 0.1) is 5.41 Å². The molecular weight excluding hydrogens is 216 g/mol. The standard InChI is InChI=1S/C10H18O6/c1-7(14)3-9(15)16-8(2)10(4-11,5-12)6-13/h8,11-13H,3-6H2,1-2H3. The van der Waals surface area contributed by atoms with Crippen molar-refractivity contribution in [3.05, 3.63) is 0 Å². The fourth-order valence-electron chi connectivity index (χ4n) is 1.10. The van der Waals surface area contributed by atoms with E-state index in [1.165, 1.54) is 13.8 Å². The second-order valence-corrected chi connectivity index (χ2v) is 3.85. The highest BCUT2D eigenvalue weighted by atomic mass is 16.5. The summed E-state index contributed by atoms with van der Waals surface area (Å²) in [5.41, 5.74) is -1.29. The summed E-state index contributed by atoms with van der Waals surface area (Å²) in [5, 5.41) is 27.2. The third-order valence-corrected chi connectivity index (χ3v) is 2.51. The van der Waals surface area contributed by atoms with Gasteiger partial charge in [-0.2, -0.15) is 0 Å². The Morgan fingerprint density at radius 2 is 1.62 bits per heavy atom. The van der Waals surface area contributed by atoms with Crippen LogP contribution in [0.1, 0.15) is 20.3 Å². The molecule has 0 fully saturated rings. The van der Waals surface area contributed by atoms with Gasteiger partial charge in [-0.3, -0.25) is 9.59 Å². The average molecular weight is 234 g/mol. The summed E-state index contributed by atoms with van der Waals surface area (Å²) in [7, 11) is 0. The number of ketones is 1. The van der Waals surface area contributed by atoms with Gasteiger partial charge in [0, 0.05) is 0 Å². The third-order valence-electron chi connectivity index (χ3n) is 2.51. The minimum atomic E-state index is -1.29. The first kappa shape index (κ1) is 15.0. The number of esters is 1. The molecular formula is C10H18O6. The Labute approximate surface area is 93.8 Å². The van der Waals surface area contributed by atoms with Crippen molar-refractivity contribution in [2.24, 2.45) is 5.41 Å². The van der Waals surface area contributed by atoms with Crippen LogP contribution < -0.4 is 0 Å². The van der Waals surface area contributed by atoms with Crippen LogP contribution in [0.25, 0.3) is 0 Å². The molecule has 0 heterocycles. The number of rotatable bonds is 7. The minimum Gasteiger partial charge on any atom is -0.461 e. The van der Waals surface area contributed by atoms with E-state index in [4.69, 9.17) is 20.1 Å². The van der Waals surface area contributed by atoms with Crippen LogP contribution in [0.5, 0.6) is 0 Å². The molecule has 16 heavy (non-hydrogen) atoms. The molecule has 0 amide bonds. The van der Waals surface area contributed by atoms with E-state index in [2.05, 4.69) is 0 Å². The van der Waals surface area contributed by atoms with Crippen LogP contribution in [-0.2, 0) is 14.3 Å². The normalized spacial score (nSPS) is 13.3. The van der Waals surface area contributed by atoms with Gasteiger partial charge >= 0.3 is 5.97 Å². The molecule has 94 valence electrons. The number of carbonyl (C=O) groups is 2. The summed E-state index contributed by atoms with van der Waals surface area (Å²) in [6, 6.07) is 0. The maximum atomic E-state index is 11.2. The van der Waals surface area contributed by atoms with Gasteiger partial charge in [0.1, 0.15) is 18.3 Å². The first-order valence-corrected chi connectivity index (χ1v) is 4.93. The van der Waals surface area contributed by atoms with Gasteiger partial charge in [-0.25, -0.2) is 0 Å². The van der Waals surface area contributed by atoms with Crippen LogP contribution >= 0.6 is 0 Å². The molecule has 0 aliphatic heterocycles. The van der Waals surface area contributed by atoms with Gasteiger partial charge in [-0.05, 0) is 13.8 Å². The van der Waals surface area contributed by atoms with Crippen molar-refractivity contribution in [2.75, 3.05) is 19.8 Å². The van der Waals surface area contributed by atoms with E-state index in [1.807, 2.05) is 0 Å². The average Bonchev–Trinajstić information content (AvgIpc) is 2.19. The number of carbonyl (C=O) groups excluding carboxylic acids is 2. The summed E-state index contributed by atoms with van der Waals surface area (Å²) >= 11 is 0. The molecule has 0 radical (unpaired) electrons. The van der Waals surface area contributed by atoms with E-state index in [9.17, 15) is 9.59 Å².